The number of benzene rings is 1. The highest BCUT2D eigenvalue weighted by molar-refractivity contribution is 5.84. The Morgan fingerprint density at radius 1 is 1.03 bits per heavy atom. The Balaban J connectivity index is 1.09. The SMILES string of the molecule is COc1cc(-c2ccc3nc(Nc4cc(CN5CCN(C(=O)CC6CC6)CC5)ccn4)[nH]c3c2)ccn1. The van der Waals surface area contributed by atoms with E-state index in [1.54, 1.807) is 13.3 Å². The Labute approximate surface area is 215 Å². The van der Waals surface area contributed by atoms with E-state index in [-0.39, 0.29) is 0 Å². The fourth-order valence-corrected chi connectivity index (χ4v) is 4.82. The molecule has 2 aliphatic rings. The number of ether oxygens (including phenoxy) is 1. The number of hydrogen-bond donors (Lipinski definition) is 2. The maximum absolute atomic E-state index is 12.4. The van der Waals surface area contributed by atoms with Gasteiger partial charge in [0.15, 0.2) is 0 Å². The molecule has 2 fully saturated rings. The van der Waals surface area contributed by atoms with Gasteiger partial charge in [-0.2, -0.15) is 0 Å². The molecule has 1 amide bonds. The van der Waals surface area contributed by atoms with Crippen LogP contribution in [0.3, 0.4) is 0 Å². The fourth-order valence-electron chi connectivity index (χ4n) is 4.82. The first kappa shape index (κ1) is 23.4. The minimum Gasteiger partial charge on any atom is -0.481 e. The van der Waals surface area contributed by atoms with Crippen LogP contribution >= 0.6 is 0 Å². The van der Waals surface area contributed by atoms with Crippen LogP contribution < -0.4 is 10.1 Å². The number of H-pyrrole nitrogens is 1. The molecule has 0 bridgehead atoms. The highest BCUT2D eigenvalue weighted by atomic mass is 16.5. The van der Waals surface area contributed by atoms with Gasteiger partial charge in [-0.1, -0.05) is 6.07 Å². The van der Waals surface area contributed by atoms with E-state index >= 15 is 0 Å². The van der Waals surface area contributed by atoms with Crippen molar-refractivity contribution in [3.63, 3.8) is 0 Å². The molecular weight excluding hydrogens is 466 g/mol. The molecule has 6 rings (SSSR count). The smallest absolute Gasteiger partial charge is 0.222 e. The summed E-state index contributed by atoms with van der Waals surface area (Å²) in [6.45, 7) is 4.26. The van der Waals surface area contributed by atoms with E-state index in [9.17, 15) is 4.79 Å². The number of pyridine rings is 2. The van der Waals surface area contributed by atoms with Crippen LogP contribution in [0.1, 0.15) is 24.8 Å². The van der Waals surface area contributed by atoms with Gasteiger partial charge in [0.2, 0.25) is 17.7 Å². The Morgan fingerprint density at radius 3 is 2.65 bits per heavy atom. The predicted octanol–water partition coefficient (Wildman–Crippen LogP) is 4.22. The molecule has 1 aromatic carbocycles. The van der Waals surface area contributed by atoms with Crippen molar-refractivity contribution in [3.05, 3.63) is 60.4 Å². The number of carbonyl (C=O) groups is 1. The molecule has 9 nitrogen and oxygen atoms in total. The number of aromatic amines is 1. The standard InChI is InChI=1S/C28H31N7O2/c1-37-26-17-22(7-9-30-26)21-4-5-23-24(16-21)32-28(31-23)33-25-14-20(6-8-29-25)18-34-10-12-35(13-11-34)27(36)15-19-2-3-19/h4-9,14,16-17,19H,2-3,10-13,15,18H2,1H3,(H2,29,31,32,33). The molecule has 37 heavy (non-hydrogen) atoms. The van der Waals surface area contributed by atoms with E-state index in [1.165, 1.54) is 18.4 Å². The Morgan fingerprint density at radius 2 is 1.84 bits per heavy atom. The summed E-state index contributed by atoms with van der Waals surface area (Å²) in [6.07, 6.45) is 6.75. The van der Waals surface area contributed by atoms with Crippen LogP contribution in [0.15, 0.2) is 54.9 Å². The van der Waals surface area contributed by atoms with Gasteiger partial charge in [0.25, 0.3) is 0 Å². The third-order valence-corrected chi connectivity index (χ3v) is 7.12. The van der Waals surface area contributed by atoms with Crippen LogP contribution in [-0.4, -0.2) is 68.9 Å². The molecule has 1 saturated heterocycles. The van der Waals surface area contributed by atoms with Gasteiger partial charge in [0.05, 0.1) is 18.1 Å². The van der Waals surface area contributed by atoms with E-state index in [4.69, 9.17) is 4.74 Å². The first-order valence-corrected chi connectivity index (χ1v) is 12.9. The highest BCUT2D eigenvalue weighted by Crippen LogP contribution is 2.33. The predicted molar refractivity (Wildman–Crippen MR) is 143 cm³/mol. The van der Waals surface area contributed by atoms with Crippen LogP contribution in [-0.2, 0) is 11.3 Å². The summed E-state index contributed by atoms with van der Waals surface area (Å²) in [5.41, 5.74) is 5.07. The maximum Gasteiger partial charge on any atom is 0.222 e. The third kappa shape index (κ3) is 5.56. The number of piperazine rings is 1. The lowest BCUT2D eigenvalue weighted by Crippen LogP contribution is -2.48. The van der Waals surface area contributed by atoms with Crippen molar-refractivity contribution in [2.45, 2.75) is 25.8 Å². The zero-order valence-corrected chi connectivity index (χ0v) is 21.0. The molecule has 4 heterocycles. The van der Waals surface area contributed by atoms with E-state index in [1.807, 2.05) is 41.4 Å². The van der Waals surface area contributed by atoms with Gasteiger partial charge in [0, 0.05) is 57.6 Å². The zero-order valence-electron chi connectivity index (χ0n) is 21.0. The Bertz CT molecular complexity index is 1410. The van der Waals surface area contributed by atoms with Crippen molar-refractivity contribution in [1.29, 1.82) is 0 Å². The number of aromatic nitrogens is 4. The number of imidazole rings is 1. The topological polar surface area (TPSA) is 99.3 Å². The number of anilines is 2. The summed E-state index contributed by atoms with van der Waals surface area (Å²) >= 11 is 0. The fraction of sp³-hybridized carbons (Fsp3) is 0.357. The van der Waals surface area contributed by atoms with Gasteiger partial charge in [-0.05, 0) is 65.8 Å². The van der Waals surface area contributed by atoms with Crippen molar-refractivity contribution in [3.8, 4) is 17.0 Å². The molecule has 2 N–H and O–H groups in total. The van der Waals surface area contributed by atoms with E-state index in [0.717, 1.165) is 67.1 Å². The highest BCUT2D eigenvalue weighted by Gasteiger charge is 2.28. The van der Waals surface area contributed by atoms with Gasteiger partial charge in [-0.3, -0.25) is 9.69 Å². The first-order chi connectivity index (χ1) is 18.1. The number of nitrogens with zero attached hydrogens (tertiary/aromatic N) is 5. The van der Waals surface area contributed by atoms with E-state index < -0.39 is 0 Å². The summed E-state index contributed by atoms with van der Waals surface area (Å²) in [4.78, 5) is 33.5. The number of nitrogens with one attached hydrogen (secondary N) is 2. The third-order valence-electron chi connectivity index (χ3n) is 7.12. The lowest BCUT2D eigenvalue weighted by Gasteiger charge is -2.34. The van der Waals surface area contributed by atoms with Crippen molar-refractivity contribution >= 4 is 28.7 Å². The molecule has 4 aromatic rings. The van der Waals surface area contributed by atoms with Crippen LogP contribution in [0.5, 0.6) is 5.88 Å². The number of carbonyl (C=O) groups excluding carboxylic acids is 1. The van der Waals surface area contributed by atoms with E-state index in [2.05, 4.69) is 42.3 Å². The maximum atomic E-state index is 12.4. The normalized spacial score (nSPS) is 16.2. The molecule has 1 saturated carbocycles. The van der Waals surface area contributed by atoms with Gasteiger partial charge in [0.1, 0.15) is 5.82 Å². The molecule has 0 radical (unpaired) electrons. The number of methoxy groups -OCH3 is 1. The summed E-state index contributed by atoms with van der Waals surface area (Å²) in [6, 6.07) is 14.1. The zero-order chi connectivity index (χ0) is 25.2. The van der Waals surface area contributed by atoms with Crippen molar-refractivity contribution in [2.75, 3.05) is 38.6 Å². The summed E-state index contributed by atoms with van der Waals surface area (Å²) in [5, 5.41) is 3.32. The number of hydrogen-bond acceptors (Lipinski definition) is 7. The van der Waals surface area contributed by atoms with Crippen LogP contribution in [0.25, 0.3) is 22.2 Å². The average Bonchev–Trinajstić information content (AvgIpc) is 3.65. The largest absolute Gasteiger partial charge is 0.481 e. The lowest BCUT2D eigenvalue weighted by atomic mass is 10.1. The molecule has 1 aliphatic carbocycles. The number of fused-ring (bicyclic) bond motifs is 1. The monoisotopic (exact) mass is 497 g/mol. The molecule has 0 atom stereocenters. The number of rotatable bonds is 8. The second-order valence-corrected chi connectivity index (χ2v) is 9.88. The summed E-state index contributed by atoms with van der Waals surface area (Å²) < 4.78 is 5.25. The van der Waals surface area contributed by atoms with Gasteiger partial charge >= 0.3 is 0 Å². The minimum atomic E-state index is 0.330. The quantitative estimate of drug-likeness (QED) is 0.376. The van der Waals surface area contributed by atoms with Crippen LogP contribution in [0, 0.1) is 5.92 Å². The number of amides is 1. The minimum absolute atomic E-state index is 0.330. The molecule has 9 heteroatoms. The molecular formula is C28H31N7O2. The van der Waals surface area contributed by atoms with Crippen LogP contribution in [0.4, 0.5) is 11.8 Å². The molecule has 3 aromatic heterocycles. The molecule has 0 spiro atoms. The molecule has 190 valence electrons. The Hall–Kier alpha value is -3.98. The second-order valence-electron chi connectivity index (χ2n) is 9.88. The van der Waals surface area contributed by atoms with Crippen molar-refractivity contribution in [2.24, 2.45) is 5.92 Å². The second kappa shape index (κ2) is 10.2. The lowest BCUT2D eigenvalue weighted by molar-refractivity contribution is -0.133. The van der Waals surface area contributed by atoms with Crippen molar-refractivity contribution < 1.29 is 9.53 Å². The van der Waals surface area contributed by atoms with E-state index in [0.29, 0.717) is 23.7 Å². The summed E-state index contributed by atoms with van der Waals surface area (Å²) in [5.74, 6) is 2.95. The van der Waals surface area contributed by atoms with Gasteiger partial charge in [-0.25, -0.2) is 15.0 Å². The van der Waals surface area contributed by atoms with Gasteiger partial charge < -0.3 is 19.9 Å². The van der Waals surface area contributed by atoms with Crippen LogP contribution in [0.2, 0.25) is 0 Å². The van der Waals surface area contributed by atoms with Crippen molar-refractivity contribution in [1.82, 2.24) is 29.7 Å². The first-order valence-electron chi connectivity index (χ1n) is 12.9. The Kier molecular flexibility index (Phi) is 6.44. The van der Waals surface area contributed by atoms with Gasteiger partial charge in [-0.15, -0.1) is 0 Å². The summed E-state index contributed by atoms with van der Waals surface area (Å²) in [7, 11) is 1.62. The molecule has 1 aliphatic heterocycles. The average molecular weight is 498 g/mol. The molecule has 0 unspecified atom stereocenters.